The number of carbonyl (C=O) groups excluding carboxylic acids is 3. The number of cyclic esters (lactones) is 1. The summed E-state index contributed by atoms with van der Waals surface area (Å²) in [7, 11) is 4.69. The van der Waals surface area contributed by atoms with E-state index in [0.29, 0.717) is 43.2 Å². The van der Waals surface area contributed by atoms with Crippen molar-refractivity contribution in [1.29, 1.82) is 0 Å². The van der Waals surface area contributed by atoms with Gasteiger partial charge in [-0.3, -0.25) is 14.4 Å². The largest absolute Gasteiger partial charge is 0.493 e. The third-order valence-corrected chi connectivity index (χ3v) is 5.86. The molecule has 0 radical (unpaired) electrons. The summed E-state index contributed by atoms with van der Waals surface area (Å²) in [5.41, 5.74) is 0.991. The van der Waals surface area contributed by atoms with Gasteiger partial charge >= 0.3 is 5.97 Å². The summed E-state index contributed by atoms with van der Waals surface area (Å²) >= 11 is 0. The molecule has 10 heteroatoms. The summed E-state index contributed by atoms with van der Waals surface area (Å²) in [6, 6.07) is 3.21. The number of ether oxygens (including phenoxy) is 5. The van der Waals surface area contributed by atoms with Crippen LogP contribution in [0.3, 0.4) is 0 Å². The van der Waals surface area contributed by atoms with Crippen LogP contribution in [0.25, 0.3) is 0 Å². The zero-order valence-electron chi connectivity index (χ0n) is 21.5. The molecular weight excluding hydrogens is 456 g/mol. The van der Waals surface area contributed by atoms with Gasteiger partial charge in [0.05, 0.1) is 27.8 Å². The zero-order chi connectivity index (χ0) is 26.0. The lowest BCUT2D eigenvalue weighted by molar-refractivity contribution is -0.164. The van der Waals surface area contributed by atoms with Crippen LogP contribution in [0.1, 0.15) is 45.6 Å². The molecule has 10 nitrogen and oxygen atoms in total. The van der Waals surface area contributed by atoms with E-state index >= 15 is 0 Å². The number of carbonyl (C=O) groups is 3. The number of aryl methyl sites for hydroxylation is 1. The molecule has 2 amide bonds. The van der Waals surface area contributed by atoms with Gasteiger partial charge in [-0.15, -0.1) is 0 Å². The van der Waals surface area contributed by atoms with Crippen molar-refractivity contribution in [2.75, 3.05) is 34.5 Å². The van der Waals surface area contributed by atoms with E-state index in [1.165, 1.54) is 0 Å². The monoisotopic (exact) mass is 494 g/mol. The fourth-order valence-corrected chi connectivity index (χ4v) is 3.96. The van der Waals surface area contributed by atoms with E-state index in [2.05, 4.69) is 10.6 Å². The van der Waals surface area contributed by atoms with Crippen molar-refractivity contribution in [3.05, 3.63) is 17.7 Å². The smallest absolute Gasteiger partial charge is 0.310 e. The molecule has 2 rings (SSSR count). The van der Waals surface area contributed by atoms with Crippen LogP contribution in [-0.4, -0.2) is 64.6 Å². The number of hydrogen-bond acceptors (Lipinski definition) is 8. The minimum absolute atomic E-state index is 0.0500. The van der Waals surface area contributed by atoms with Gasteiger partial charge in [-0.1, -0.05) is 13.8 Å². The summed E-state index contributed by atoms with van der Waals surface area (Å²) in [5.74, 6) is 0.178. The van der Waals surface area contributed by atoms with Gasteiger partial charge in [0, 0.05) is 25.5 Å². The van der Waals surface area contributed by atoms with Crippen LogP contribution in [-0.2, 0) is 30.3 Å². The van der Waals surface area contributed by atoms with Gasteiger partial charge in [-0.2, -0.15) is 0 Å². The van der Waals surface area contributed by atoms with Crippen LogP contribution >= 0.6 is 0 Å². The van der Waals surface area contributed by atoms with Gasteiger partial charge < -0.3 is 34.3 Å². The number of hydrogen-bond donors (Lipinski definition) is 2. The molecule has 0 spiro atoms. The van der Waals surface area contributed by atoms with E-state index in [9.17, 15) is 14.4 Å². The maximum absolute atomic E-state index is 12.9. The molecule has 1 aromatic rings. The Hall–Kier alpha value is -3.01. The standard InChI is InChI=1S/C25H38N2O8/c1-7-34-25-18(14-22(29)35-25)27-24(30)17(15(2)3)13-21(28)26-10-8-9-16-11-19(31-4)23(33-6)20(12-16)32-5/h11-12,15,17-18,25H,7-10,13-14H2,1-6H3,(H,26,28)(H,27,30). The molecule has 1 aromatic carbocycles. The second-order valence-electron chi connectivity index (χ2n) is 8.67. The number of amides is 2. The third kappa shape index (κ3) is 8.02. The Morgan fingerprint density at radius 1 is 1.11 bits per heavy atom. The average Bonchev–Trinajstić information content (AvgIpc) is 3.17. The van der Waals surface area contributed by atoms with Gasteiger partial charge in [-0.05, 0) is 43.4 Å². The Bertz CT molecular complexity index is 848. The maximum atomic E-state index is 12.9. The highest BCUT2D eigenvalue weighted by atomic mass is 16.7. The molecule has 1 aliphatic heterocycles. The molecule has 0 aliphatic carbocycles. The van der Waals surface area contributed by atoms with Crippen molar-refractivity contribution >= 4 is 17.8 Å². The average molecular weight is 495 g/mol. The number of esters is 1. The van der Waals surface area contributed by atoms with Crippen LogP contribution in [0.2, 0.25) is 0 Å². The molecular formula is C25H38N2O8. The van der Waals surface area contributed by atoms with Crippen LogP contribution in [0.5, 0.6) is 17.2 Å². The Balaban J connectivity index is 1.86. The lowest BCUT2D eigenvalue weighted by Crippen LogP contribution is -2.46. The molecule has 2 N–H and O–H groups in total. The molecule has 1 aliphatic rings. The molecule has 1 heterocycles. The van der Waals surface area contributed by atoms with Crippen molar-refractivity contribution in [2.45, 2.75) is 58.8 Å². The van der Waals surface area contributed by atoms with Gasteiger partial charge in [-0.25, -0.2) is 0 Å². The molecule has 1 fully saturated rings. The van der Waals surface area contributed by atoms with Crippen molar-refractivity contribution in [1.82, 2.24) is 10.6 Å². The number of methoxy groups -OCH3 is 3. The first-order valence-electron chi connectivity index (χ1n) is 11.9. The fourth-order valence-electron chi connectivity index (χ4n) is 3.96. The van der Waals surface area contributed by atoms with Crippen LogP contribution in [0.4, 0.5) is 0 Å². The minimum atomic E-state index is -0.798. The Morgan fingerprint density at radius 2 is 1.77 bits per heavy atom. The normalized spacial score (nSPS) is 18.1. The summed E-state index contributed by atoms with van der Waals surface area (Å²) in [6.45, 7) is 6.38. The second-order valence-corrected chi connectivity index (χ2v) is 8.67. The predicted octanol–water partition coefficient (Wildman–Crippen LogP) is 2.22. The van der Waals surface area contributed by atoms with Crippen molar-refractivity contribution in [2.24, 2.45) is 11.8 Å². The summed E-state index contributed by atoms with van der Waals surface area (Å²) in [6.07, 6.45) is 0.691. The second kappa shape index (κ2) is 13.8. The Kier molecular flexibility index (Phi) is 11.1. The highest BCUT2D eigenvalue weighted by Crippen LogP contribution is 2.38. The zero-order valence-corrected chi connectivity index (χ0v) is 21.5. The molecule has 0 saturated carbocycles. The van der Waals surface area contributed by atoms with E-state index in [1.807, 2.05) is 26.0 Å². The topological polar surface area (TPSA) is 121 Å². The first-order valence-corrected chi connectivity index (χ1v) is 11.9. The molecule has 3 atom stereocenters. The Morgan fingerprint density at radius 3 is 2.31 bits per heavy atom. The van der Waals surface area contributed by atoms with Crippen LogP contribution in [0.15, 0.2) is 12.1 Å². The van der Waals surface area contributed by atoms with E-state index in [4.69, 9.17) is 23.7 Å². The molecule has 1 saturated heterocycles. The Labute approximate surface area is 207 Å². The first-order chi connectivity index (χ1) is 16.7. The number of rotatable bonds is 14. The van der Waals surface area contributed by atoms with E-state index < -0.39 is 24.2 Å². The lowest BCUT2D eigenvalue weighted by Gasteiger charge is -2.24. The fraction of sp³-hybridized carbons (Fsp3) is 0.640. The van der Waals surface area contributed by atoms with E-state index in [-0.39, 0.29) is 30.6 Å². The first kappa shape index (κ1) is 28.2. The number of nitrogens with one attached hydrogen (secondary N) is 2. The predicted molar refractivity (Wildman–Crippen MR) is 128 cm³/mol. The molecule has 196 valence electrons. The van der Waals surface area contributed by atoms with Crippen LogP contribution < -0.4 is 24.8 Å². The van der Waals surface area contributed by atoms with E-state index in [0.717, 1.165) is 5.56 Å². The van der Waals surface area contributed by atoms with Crippen molar-refractivity contribution < 1.29 is 38.1 Å². The van der Waals surface area contributed by atoms with Gasteiger partial charge in [0.1, 0.15) is 6.04 Å². The SMILES string of the molecule is CCOC1OC(=O)CC1NC(=O)C(CC(=O)NCCCc1cc(OC)c(OC)c(OC)c1)C(C)C. The molecule has 35 heavy (non-hydrogen) atoms. The van der Waals surface area contributed by atoms with Crippen molar-refractivity contribution in [3.63, 3.8) is 0 Å². The van der Waals surface area contributed by atoms with Gasteiger partial charge in [0.2, 0.25) is 23.9 Å². The van der Waals surface area contributed by atoms with E-state index in [1.54, 1.807) is 28.3 Å². The molecule has 0 aromatic heterocycles. The molecule has 3 unspecified atom stereocenters. The van der Waals surface area contributed by atoms with Gasteiger partial charge in [0.15, 0.2) is 11.5 Å². The number of benzene rings is 1. The maximum Gasteiger partial charge on any atom is 0.310 e. The summed E-state index contributed by atoms with van der Waals surface area (Å²) < 4.78 is 26.6. The molecule has 0 bridgehead atoms. The van der Waals surface area contributed by atoms with Crippen molar-refractivity contribution in [3.8, 4) is 17.2 Å². The quantitative estimate of drug-likeness (QED) is 0.298. The third-order valence-electron chi connectivity index (χ3n) is 5.86. The van der Waals surface area contributed by atoms with Crippen LogP contribution in [0, 0.1) is 11.8 Å². The summed E-state index contributed by atoms with van der Waals surface area (Å²) in [5, 5.41) is 5.72. The lowest BCUT2D eigenvalue weighted by atomic mass is 9.91. The highest BCUT2D eigenvalue weighted by Gasteiger charge is 2.38. The highest BCUT2D eigenvalue weighted by molar-refractivity contribution is 5.86. The minimum Gasteiger partial charge on any atom is -0.493 e. The summed E-state index contributed by atoms with van der Waals surface area (Å²) in [4.78, 5) is 37.1. The van der Waals surface area contributed by atoms with Gasteiger partial charge in [0.25, 0.3) is 0 Å².